The molecular weight excluding hydrogens is 382 g/mol. The maximum Gasteiger partial charge on any atom is 0.340 e. The maximum atomic E-state index is 13.1. The zero-order valence-corrected chi connectivity index (χ0v) is 16.1. The van der Waals surface area contributed by atoms with Gasteiger partial charge in [-0.15, -0.1) is 0 Å². The fourth-order valence-corrected chi connectivity index (χ4v) is 4.90. The normalized spacial score (nSPS) is 26.2. The molecular formula is C24H19NO5. The maximum absolute atomic E-state index is 13.1. The van der Waals surface area contributed by atoms with Crippen LogP contribution in [0.2, 0.25) is 0 Å². The molecule has 2 fully saturated rings. The smallest absolute Gasteiger partial charge is 0.340 e. The first kappa shape index (κ1) is 18.5. The van der Waals surface area contributed by atoms with Crippen LogP contribution < -0.4 is 4.90 Å². The van der Waals surface area contributed by atoms with E-state index in [-0.39, 0.29) is 52.5 Å². The zero-order valence-electron chi connectivity index (χ0n) is 16.1. The van der Waals surface area contributed by atoms with Crippen LogP contribution in [0.4, 0.5) is 5.69 Å². The second-order valence-corrected chi connectivity index (χ2v) is 7.89. The van der Waals surface area contributed by atoms with E-state index in [2.05, 4.69) is 0 Å². The fourth-order valence-electron chi connectivity index (χ4n) is 4.90. The van der Waals surface area contributed by atoms with Crippen molar-refractivity contribution in [3.8, 4) is 0 Å². The van der Waals surface area contributed by atoms with Crippen molar-refractivity contribution >= 4 is 29.3 Å². The van der Waals surface area contributed by atoms with Crippen molar-refractivity contribution < 1.29 is 23.9 Å². The third kappa shape index (κ3) is 2.79. The third-order valence-corrected chi connectivity index (χ3v) is 6.27. The molecule has 1 aliphatic heterocycles. The molecule has 150 valence electrons. The molecule has 3 aliphatic rings. The molecule has 2 amide bonds. The Morgan fingerprint density at radius 1 is 0.867 bits per heavy atom. The summed E-state index contributed by atoms with van der Waals surface area (Å²) >= 11 is 0. The molecule has 6 heteroatoms. The molecule has 0 spiro atoms. The van der Waals surface area contributed by atoms with E-state index in [1.54, 1.807) is 48.5 Å². The van der Waals surface area contributed by atoms with E-state index in [1.807, 2.05) is 12.2 Å². The molecule has 5 rings (SSSR count). The molecule has 2 aromatic rings. The van der Waals surface area contributed by atoms with Gasteiger partial charge in [-0.05, 0) is 30.4 Å². The van der Waals surface area contributed by atoms with Gasteiger partial charge in [0, 0.05) is 5.56 Å². The van der Waals surface area contributed by atoms with Crippen molar-refractivity contribution in [1.82, 2.24) is 0 Å². The number of hydrogen-bond acceptors (Lipinski definition) is 5. The number of imide groups is 1. The number of allylic oxidation sites excluding steroid dienone is 2. The number of anilines is 1. The number of ketones is 1. The van der Waals surface area contributed by atoms with Gasteiger partial charge in [0.1, 0.15) is 0 Å². The van der Waals surface area contributed by atoms with Crippen molar-refractivity contribution in [2.75, 3.05) is 11.5 Å². The molecule has 2 bridgehead atoms. The number of amides is 2. The minimum Gasteiger partial charge on any atom is -0.454 e. The lowest BCUT2D eigenvalue weighted by atomic mass is 9.85. The average Bonchev–Trinajstić information content (AvgIpc) is 3.46. The van der Waals surface area contributed by atoms with Crippen molar-refractivity contribution in [2.45, 2.75) is 6.42 Å². The number of fused-ring (bicyclic) bond motifs is 5. The topological polar surface area (TPSA) is 80.8 Å². The van der Waals surface area contributed by atoms with Gasteiger partial charge in [-0.1, -0.05) is 54.6 Å². The number of benzene rings is 2. The van der Waals surface area contributed by atoms with E-state index in [9.17, 15) is 19.2 Å². The Hall–Kier alpha value is -3.54. The summed E-state index contributed by atoms with van der Waals surface area (Å²) in [6.07, 6.45) is 4.89. The Kier molecular flexibility index (Phi) is 4.35. The number of para-hydroxylation sites is 1. The van der Waals surface area contributed by atoms with Gasteiger partial charge >= 0.3 is 5.97 Å². The summed E-state index contributed by atoms with van der Waals surface area (Å²) in [7, 11) is 0. The summed E-state index contributed by atoms with van der Waals surface area (Å²) < 4.78 is 5.21. The number of Topliss-reactive ketones (excluding diaryl/α,β-unsaturated/α-hetero) is 1. The lowest BCUT2D eigenvalue weighted by Crippen LogP contribution is -2.34. The van der Waals surface area contributed by atoms with Gasteiger partial charge in [0.05, 0.1) is 23.1 Å². The second-order valence-electron chi connectivity index (χ2n) is 7.89. The minimum atomic E-state index is -0.742. The monoisotopic (exact) mass is 401 g/mol. The first-order valence-corrected chi connectivity index (χ1v) is 9.97. The quantitative estimate of drug-likeness (QED) is 0.333. The Morgan fingerprint density at radius 3 is 2.13 bits per heavy atom. The second kappa shape index (κ2) is 7.06. The van der Waals surface area contributed by atoms with Gasteiger partial charge in [0.15, 0.2) is 12.4 Å². The number of nitrogens with zero attached hydrogens (tertiary/aromatic N) is 1. The highest BCUT2D eigenvalue weighted by molar-refractivity contribution is 6.24. The van der Waals surface area contributed by atoms with Gasteiger partial charge in [-0.25, -0.2) is 9.69 Å². The van der Waals surface area contributed by atoms with Crippen LogP contribution >= 0.6 is 0 Å². The highest BCUT2D eigenvalue weighted by Gasteiger charge is 2.59. The van der Waals surface area contributed by atoms with Gasteiger partial charge in [-0.3, -0.25) is 14.4 Å². The first-order chi connectivity index (χ1) is 14.6. The predicted molar refractivity (Wildman–Crippen MR) is 108 cm³/mol. The van der Waals surface area contributed by atoms with E-state index in [0.29, 0.717) is 5.56 Å². The highest BCUT2D eigenvalue weighted by atomic mass is 16.5. The van der Waals surface area contributed by atoms with Crippen molar-refractivity contribution in [3.63, 3.8) is 0 Å². The molecule has 6 nitrogen and oxygen atoms in total. The largest absolute Gasteiger partial charge is 0.454 e. The number of esters is 1. The molecule has 0 radical (unpaired) electrons. The number of ether oxygens (including phenoxy) is 1. The lowest BCUT2D eigenvalue weighted by molar-refractivity contribution is -0.123. The van der Waals surface area contributed by atoms with Crippen molar-refractivity contribution in [2.24, 2.45) is 23.7 Å². The van der Waals surface area contributed by atoms with Crippen LogP contribution in [-0.2, 0) is 14.3 Å². The molecule has 4 atom stereocenters. The molecule has 1 heterocycles. The average molecular weight is 401 g/mol. The Labute approximate surface area is 173 Å². The predicted octanol–water partition coefficient (Wildman–Crippen LogP) is 3.04. The molecule has 1 saturated heterocycles. The Balaban J connectivity index is 1.37. The Bertz CT molecular complexity index is 1060. The van der Waals surface area contributed by atoms with Crippen LogP contribution in [0.5, 0.6) is 0 Å². The van der Waals surface area contributed by atoms with Crippen LogP contribution in [0.15, 0.2) is 66.7 Å². The molecule has 30 heavy (non-hydrogen) atoms. The molecule has 0 N–H and O–H groups in total. The first-order valence-electron chi connectivity index (χ1n) is 9.97. The molecule has 2 aliphatic carbocycles. The molecule has 4 unspecified atom stereocenters. The zero-order chi connectivity index (χ0) is 20.8. The van der Waals surface area contributed by atoms with Gasteiger partial charge in [-0.2, -0.15) is 0 Å². The summed E-state index contributed by atoms with van der Waals surface area (Å²) in [5.74, 6) is -2.12. The summed E-state index contributed by atoms with van der Waals surface area (Å²) in [5, 5.41) is 0. The summed E-state index contributed by atoms with van der Waals surface area (Å²) in [6.45, 7) is -0.418. The Morgan fingerprint density at radius 2 is 1.47 bits per heavy atom. The van der Waals surface area contributed by atoms with Crippen LogP contribution in [-0.4, -0.2) is 30.2 Å². The van der Waals surface area contributed by atoms with Crippen LogP contribution in [0.3, 0.4) is 0 Å². The summed E-state index contributed by atoms with van der Waals surface area (Å²) in [5.41, 5.74) is 0.762. The number of hydrogen-bond donors (Lipinski definition) is 0. The number of carbonyl (C=O) groups excluding carboxylic acids is 4. The van der Waals surface area contributed by atoms with Gasteiger partial charge in [0.2, 0.25) is 11.8 Å². The van der Waals surface area contributed by atoms with E-state index in [0.717, 1.165) is 11.3 Å². The third-order valence-electron chi connectivity index (χ3n) is 6.27. The minimum absolute atomic E-state index is 0.0871. The van der Waals surface area contributed by atoms with Crippen LogP contribution in [0.25, 0.3) is 0 Å². The molecule has 0 aromatic heterocycles. The highest BCUT2D eigenvalue weighted by Crippen LogP contribution is 2.53. The van der Waals surface area contributed by atoms with E-state index in [1.165, 1.54) is 6.07 Å². The number of rotatable bonds is 5. The SMILES string of the molecule is O=C(COC(=O)c1ccccc1N1C(=O)C2C3C=CC(C3)C2C1=O)c1ccccc1. The van der Waals surface area contributed by atoms with Crippen molar-refractivity contribution in [1.29, 1.82) is 0 Å². The summed E-state index contributed by atoms with van der Waals surface area (Å²) in [6, 6.07) is 14.9. The number of carbonyl (C=O) groups is 4. The van der Waals surface area contributed by atoms with Gasteiger partial charge < -0.3 is 4.74 Å². The standard InChI is InChI=1S/C24H19NO5/c26-19(14-6-2-1-3-7-14)13-30-24(29)17-8-4-5-9-18(17)25-22(27)20-15-10-11-16(12-15)21(20)23(25)28/h1-11,15-16,20-21H,12-13H2. The summed E-state index contributed by atoms with van der Waals surface area (Å²) in [4.78, 5) is 52.3. The van der Waals surface area contributed by atoms with Crippen LogP contribution in [0, 0.1) is 23.7 Å². The molecule has 2 aromatic carbocycles. The lowest BCUT2D eigenvalue weighted by Gasteiger charge is -2.19. The molecule has 1 saturated carbocycles. The van der Waals surface area contributed by atoms with Crippen LogP contribution in [0.1, 0.15) is 27.1 Å². The fraction of sp³-hybridized carbons (Fsp3) is 0.250. The van der Waals surface area contributed by atoms with Crippen molar-refractivity contribution in [3.05, 3.63) is 77.9 Å². The van der Waals surface area contributed by atoms with E-state index >= 15 is 0 Å². The van der Waals surface area contributed by atoms with E-state index in [4.69, 9.17) is 4.74 Å². The van der Waals surface area contributed by atoms with Gasteiger partial charge in [0.25, 0.3) is 0 Å². The van der Waals surface area contributed by atoms with E-state index < -0.39 is 12.6 Å².